The zero-order chi connectivity index (χ0) is 13.6. The van der Waals surface area contributed by atoms with E-state index in [2.05, 4.69) is 5.32 Å². The van der Waals surface area contributed by atoms with Gasteiger partial charge in [-0.25, -0.2) is 8.42 Å². The van der Waals surface area contributed by atoms with E-state index in [1.54, 1.807) is 0 Å². The standard InChI is InChI=1S/C11H12F3NO2S/c1-18(16,17)9-3-2-7-5-10(11(12,13)14)15-6-8(7)4-9/h2-4,10,15H,5-6H2,1H3/t10-/m1/s1. The minimum atomic E-state index is -4.28. The molecule has 0 aliphatic carbocycles. The molecule has 1 aromatic rings. The average molecular weight is 279 g/mol. The zero-order valence-electron chi connectivity index (χ0n) is 9.58. The maximum atomic E-state index is 12.5. The van der Waals surface area contributed by atoms with Crippen LogP contribution in [0.25, 0.3) is 0 Å². The van der Waals surface area contributed by atoms with Gasteiger partial charge in [0, 0.05) is 12.8 Å². The second-order valence-electron chi connectivity index (χ2n) is 4.38. The molecule has 0 spiro atoms. The molecule has 0 bridgehead atoms. The Morgan fingerprint density at radius 1 is 1.28 bits per heavy atom. The summed E-state index contributed by atoms with van der Waals surface area (Å²) in [7, 11) is -3.33. The van der Waals surface area contributed by atoms with Gasteiger partial charge >= 0.3 is 6.18 Å². The van der Waals surface area contributed by atoms with E-state index in [-0.39, 0.29) is 17.9 Å². The second-order valence-corrected chi connectivity index (χ2v) is 6.40. The van der Waals surface area contributed by atoms with Crippen LogP contribution in [0.1, 0.15) is 11.1 Å². The lowest BCUT2D eigenvalue weighted by molar-refractivity contribution is -0.157. The summed E-state index contributed by atoms with van der Waals surface area (Å²) in [5, 5.41) is 2.37. The summed E-state index contributed by atoms with van der Waals surface area (Å²) in [5.41, 5.74) is 1.15. The van der Waals surface area contributed by atoms with Crippen LogP contribution in [0.2, 0.25) is 0 Å². The summed E-state index contributed by atoms with van der Waals surface area (Å²) in [5.74, 6) is 0. The maximum Gasteiger partial charge on any atom is 0.404 e. The Labute approximate surface area is 103 Å². The van der Waals surface area contributed by atoms with Crippen LogP contribution in [0, 0.1) is 0 Å². The van der Waals surface area contributed by atoms with E-state index in [0.717, 1.165) is 6.26 Å². The van der Waals surface area contributed by atoms with Crippen molar-refractivity contribution < 1.29 is 21.6 Å². The van der Waals surface area contributed by atoms with Crippen molar-refractivity contribution in [3.8, 4) is 0 Å². The molecule has 0 radical (unpaired) electrons. The smallest absolute Gasteiger partial charge is 0.302 e. The number of benzene rings is 1. The lowest BCUT2D eigenvalue weighted by Crippen LogP contribution is -2.46. The first-order chi connectivity index (χ1) is 8.18. The minimum absolute atomic E-state index is 0.0306. The van der Waals surface area contributed by atoms with Crippen LogP contribution in [0.4, 0.5) is 13.2 Å². The lowest BCUT2D eigenvalue weighted by atomic mass is 9.96. The molecule has 1 aliphatic rings. The van der Waals surface area contributed by atoms with Crippen LogP contribution in [-0.2, 0) is 22.8 Å². The Hall–Kier alpha value is -1.08. The Bertz CT molecular complexity index is 566. The molecule has 3 nitrogen and oxygen atoms in total. The van der Waals surface area contributed by atoms with Gasteiger partial charge in [0.05, 0.1) is 4.90 Å². The highest BCUT2D eigenvalue weighted by molar-refractivity contribution is 7.90. The predicted octanol–water partition coefficient (Wildman–Crippen LogP) is 1.67. The average Bonchev–Trinajstić information content (AvgIpc) is 2.25. The first kappa shape index (κ1) is 13.4. The summed E-state index contributed by atoms with van der Waals surface area (Å²) in [6, 6.07) is 2.69. The molecule has 1 heterocycles. The molecular weight excluding hydrogens is 267 g/mol. The van der Waals surface area contributed by atoms with Gasteiger partial charge in [0.15, 0.2) is 9.84 Å². The van der Waals surface area contributed by atoms with Crippen LogP contribution in [0.5, 0.6) is 0 Å². The largest absolute Gasteiger partial charge is 0.404 e. The predicted molar refractivity (Wildman–Crippen MR) is 59.9 cm³/mol. The molecule has 0 amide bonds. The number of nitrogens with one attached hydrogen (secondary N) is 1. The second kappa shape index (κ2) is 4.24. The van der Waals surface area contributed by atoms with Crippen LogP contribution in [-0.4, -0.2) is 26.9 Å². The molecule has 1 aliphatic heterocycles. The van der Waals surface area contributed by atoms with Gasteiger partial charge in [-0.1, -0.05) is 6.07 Å². The Kier molecular flexibility index (Phi) is 3.14. The molecule has 100 valence electrons. The third kappa shape index (κ3) is 2.67. The highest BCUT2D eigenvalue weighted by Crippen LogP contribution is 2.28. The highest BCUT2D eigenvalue weighted by atomic mass is 32.2. The van der Waals surface area contributed by atoms with Crippen LogP contribution in [0.3, 0.4) is 0 Å². The van der Waals surface area contributed by atoms with Crippen molar-refractivity contribution in [3.63, 3.8) is 0 Å². The summed E-state index contributed by atoms with van der Waals surface area (Å²) in [6.45, 7) is 0.0306. The van der Waals surface area contributed by atoms with E-state index in [9.17, 15) is 21.6 Å². The fourth-order valence-electron chi connectivity index (χ4n) is 1.95. The monoisotopic (exact) mass is 279 g/mol. The molecule has 0 saturated carbocycles. The number of alkyl halides is 3. The van der Waals surface area contributed by atoms with E-state index in [1.165, 1.54) is 18.2 Å². The fraction of sp³-hybridized carbons (Fsp3) is 0.455. The normalized spacial score (nSPS) is 20.6. The van der Waals surface area contributed by atoms with Gasteiger partial charge in [0.25, 0.3) is 0 Å². The van der Waals surface area contributed by atoms with Crippen molar-refractivity contribution in [1.82, 2.24) is 5.32 Å². The molecular formula is C11H12F3NO2S. The summed E-state index contributed by atoms with van der Waals surface area (Å²) in [4.78, 5) is 0.133. The molecule has 0 fully saturated rings. The van der Waals surface area contributed by atoms with E-state index in [4.69, 9.17) is 0 Å². The van der Waals surface area contributed by atoms with Crippen molar-refractivity contribution in [1.29, 1.82) is 0 Å². The summed E-state index contributed by atoms with van der Waals surface area (Å²) < 4.78 is 60.3. The van der Waals surface area contributed by atoms with Crippen LogP contribution in [0.15, 0.2) is 23.1 Å². The Morgan fingerprint density at radius 2 is 1.94 bits per heavy atom. The van der Waals surface area contributed by atoms with E-state index >= 15 is 0 Å². The number of halogens is 3. The van der Waals surface area contributed by atoms with Crippen LogP contribution < -0.4 is 5.32 Å². The van der Waals surface area contributed by atoms with Crippen molar-refractivity contribution >= 4 is 9.84 Å². The molecule has 2 rings (SSSR count). The molecule has 0 saturated heterocycles. The number of sulfone groups is 1. The molecule has 7 heteroatoms. The van der Waals surface area contributed by atoms with E-state index in [0.29, 0.717) is 11.1 Å². The van der Waals surface area contributed by atoms with Crippen molar-refractivity contribution in [3.05, 3.63) is 29.3 Å². The van der Waals surface area contributed by atoms with E-state index in [1.807, 2.05) is 0 Å². The maximum absolute atomic E-state index is 12.5. The van der Waals surface area contributed by atoms with Gasteiger partial charge < -0.3 is 5.32 Å². The highest BCUT2D eigenvalue weighted by Gasteiger charge is 2.41. The van der Waals surface area contributed by atoms with Gasteiger partial charge in [-0.15, -0.1) is 0 Å². The number of fused-ring (bicyclic) bond motifs is 1. The molecule has 1 aromatic carbocycles. The van der Waals surface area contributed by atoms with Gasteiger partial charge in [0.1, 0.15) is 6.04 Å². The summed E-state index contributed by atoms with van der Waals surface area (Å²) in [6.07, 6.45) is -3.38. The van der Waals surface area contributed by atoms with Gasteiger partial charge in [0.2, 0.25) is 0 Å². The first-order valence-electron chi connectivity index (χ1n) is 5.30. The quantitative estimate of drug-likeness (QED) is 0.850. The molecule has 0 unspecified atom stereocenters. The van der Waals surface area contributed by atoms with Gasteiger partial charge in [-0.2, -0.15) is 13.2 Å². The lowest BCUT2D eigenvalue weighted by Gasteiger charge is -2.28. The third-order valence-corrected chi connectivity index (χ3v) is 4.07. The topological polar surface area (TPSA) is 46.2 Å². The summed E-state index contributed by atoms with van der Waals surface area (Å²) >= 11 is 0. The number of rotatable bonds is 1. The SMILES string of the molecule is CS(=O)(=O)c1ccc2c(c1)CN[C@@H](C(F)(F)F)C2. The van der Waals surface area contributed by atoms with Gasteiger partial charge in [-0.3, -0.25) is 0 Å². The Morgan fingerprint density at radius 3 is 2.50 bits per heavy atom. The molecule has 0 aromatic heterocycles. The van der Waals surface area contributed by atoms with Crippen molar-refractivity contribution in [2.45, 2.75) is 30.1 Å². The van der Waals surface area contributed by atoms with Gasteiger partial charge in [-0.05, 0) is 29.7 Å². The van der Waals surface area contributed by atoms with Crippen molar-refractivity contribution in [2.75, 3.05) is 6.26 Å². The van der Waals surface area contributed by atoms with Crippen LogP contribution >= 0.6 is 0 Å². The van der Waals surface area contributed by atoms with Crippen molar-refractivity contribution in [2.24, 2.45) is 0 Å². The first-order valence-corrected chi connectivity index (χ1v) is 7.19. The van der Waals surface area contributed by atoms with E-state index < -0.39 is 22.1 Å². The minimum Gasteiger partial charge on any atom is -0.302 e. The molecule has 18 heavy (non-hydrogen) atoms. The number of hydrogen-bond donors (Lipinski definition) is 1. The molecule has 1 atom stereocenters. The zero-order valence-corrected chi connectivity index (χ0v) is 10.4. The number of hydrogen-bond acceptors (Lipinski definition) is 3. The third-order valence-electron chi connectivity index (χ3n) is 2.96. The Balaban J connectivity index is 2.32. The molecule has 1 N–H and O–H groups in total. The fourth-order valence-corrected chi connectivity index (χ4v) is 2.62.